The molecule has 6 heteroatoms. The number of hydrogen-bond acceptors (Lipinski definition) is 2. The van der Waals surface area contributed by atoms with Crippen molar-refractivity contribution in [3.05, 3.63) is 112 Å². The molecule has 33 heavy (non-hydrogen) atoms. The zero-order valence-corrected chi connectivity index (χ0v) is 19.4. The standard InChI is InChI=1S/C27H22BrFN2O2/c28-16-23-24(26(32)30-25(17-13-14-17)18-7-6-8-19(29)15-18)21-11-4-5-12-22(21)27(33)31(23)20-9-2-1-3-10-20/h1-12,15,17,25H,13-14,16H2,(H,30,32)/t25-/m0/s1. The second kappa shape index (κ2) is 8.94. The molecule has 0 saturated heterocycles. The first-order chi connectivity index (χ1) is 16.1. The molecule has 1 atom stereocenters. The Morgan fingerprint density at radius 2 is 1.70 bits per heavy atom. The quantitative estimate of drug-likeness (QED) is 0.332. The summed E-state index contributed by atoms with van der Waals surface area (Å²) in [6, 6.07) is 22.6. The Morgan fingerprint density at radius 1 is 1.00 bits per heavy atom. The molecule has 166 valence electrons. The first-order valence-electron chi connectivity index (χ1n) is 10.9. The van der Waals surface area contributed by atoms with E-state index < -0.39 is 0 Å². The minimum Gasteiger partial charge on any atom is -0.345 e. The van der Waals surface area contributed by atoms with Crippen LogP contribution < -0.4 is 10.9 Å². The van der Waals surface area contributed by atoms with E-state index in [1.807, 2.05) is 48.5 Å². The molecule has 1 heterocycles. The number of hydrogen-bond donors (Lipinski definition) is 1. The topological polar surface area (TPSA) is 51.1 Å². The molecule has 1 amide bonds. The minimum absolute atomic E-state index is 0.174. The van der Waals surface area contributed by atoms with Gasteiger partial charge in [-0.15, -0.1) is 0 Å². The normalized spacial score (nSPS) is 14.2. The summed E-state index contributed by atoms with van der Waals surface area (Å²) < 4.78 is 15.5. The van der Waals surface area contributed by atoms with Crippen LogP contribution in [0, 0.1) is 11.7 Å². The van der Waals surface area contributed by atoms with E-state index in [1.165, 1.54) is 12.1 Å². The molecule has 1 saturated carbocycles. The van der Waals surface area contributed by atoms with Gasteiger partial charge in [0.05, 0.1) is 17.3 Å². The second-order valence-corrected chi connectivity index (χ2v) is 8.88. The fourth-order valence-electron chi connectivity index (χ4n) is 4.44. The van der Waals surface area contributed by atoms with Gasteiger partial charge in [0.1, 0.15) is 5.82 Å². The van der Waals surface area contributed by atoms with Crippen LogP contribution in [0.2, 0.25) is 0 Å². The zero-order chi connectivity index (χ0) is 22.9. The maximum absolute atomic E-state index is 13.9. The molecule has 1 aliphatic rings. The molecule has 3 aromatic carbocycles. The number of carbonyl (C=O) groups is 1. The number of pyridine rings is 1. The number of fused-ring (bicyclic) bond motifs is 1. The van der Waals surface area contributed by atoms with Crippen molar-refractivity contribution in [3.8, 4) is 5.69 Å². The maximum atomic E-state index is 13.9. The molecule has 0 radical (unpaired) electrons. The third-order valence-corrected chi connectivity index (χ3v) is 6.68. The molecule has 0 bridgehead atoms. The van der Waals surface area contributed by atoms with Gasteiger partial charge in [0.15, 0.2) is 0 Å². The summed E-state index contributed by atoms with van der Waals surface area (Å²) >= 11 is 3.52. The number of para-hydroxylation sites is 1. The molecular formula is C27H22BrFN2O2. The average molecular weight is 505 g/mol. The first-order valence-corrected chi connectivity index (χ1v) is 12.0. The van der Waals surface area contributed by atoms with Crippen LogP contribution in [0.25, 0.3) is 16.5 Å². The van der Waals surface area contributed by atoms with Gasteiger partial charge < -0.3 is 5.32 Å². The molecule has 1 fully saturated rings. The lowest BCUT2D eigenvalue weighted by Gasteiger charge is -2.22. The van der Waals surface area contributed by atoms with E-state index in [4.69, 9.17) is 0 Å². The smallest absolute Gasteiger partial charge is 0.263 e. The van der Waals surface area contributed by atoms with E-state index in [9.17, 15) is 14.0 Å². The van der Waals surface area contributed by atoms with Crippen LogP contribution in [0.5, 0.6) is 0 Å². The van der Waals surface area contributed by atoms with Gasteiger partial charge in [0.25, 0.3) is 11.5 Å². The number of amides is 1. The maximum Gasteiger partial charge on any atom is 0.263 e. The molecule has 0 aliphatic heterocycles. The highest BCUT2D eigenvalue weighted by molar-refractivity contribution is 9.08. The lowest BCUT2D eigenvalue weighted by molar-refractivity contribution is 0.0932. The highest BCUT2D eigenvalue weighted by atomic mass is 79.9. The molecule has 0 unspecified atom stereocenters. The summed E-state index contributed by atoms with van der Waals surface area (Å²) in [5, 5.41) is 4.56. The number of rotatable bonds is 6. The Balaban J connectivity index is 1.68. The van der Waals surface area contributed by atoms with Crippen LogP contribution in [0.3, 0.4) is 0 Å². The van der Waals surface area contributed by atoms with Crippen molar-refractivity contribution >= 4 is 32.6 Å². The number of halogens is 2. The number of alkyl halides is 1. The van der Waals surface area contributed by atoms with Crippen LogP contribution in [-0.2, 0) is 5.33 Å². The largest absolute Gasteiger partial charge is 0.345 e. The lowest BCUT2D eigenvalue weighted by Crippen LogP contribution is -2.33. The molecular weight excluding hydrogens is 483 g/mol. The molecule has 4 aromatic rings. The van der Waals surface area contributed by atoms with Crippen LogP contribution >= 0.6 is 15.9 Å². The van der Waals surface area contributed by atoms with Crippen molar-refractivity contribution in [1.29, 1.82) is 0 Å². The van der Waals surface area contributed by atoms with Crippen molar-refractivity contribution in [1.82, 2.24) is 9.88 Å². The van der Waals surface area contributed by atoms with Crippen LogP contribution in [-0.4, -0.2) is 10.5 Å². The first kappa shape index (κ1) is 21.6. The fraction of sp³-hybridized carbons (Fsp3) is 0.185. The molecule has 4 nitrogen and oxygen atoms in total. The van der Waals surface area contributed by atoms with E-state index in [0.29, 0.717) is 33.0 Å². The number of nitrogens with one attached hydrogen (secondary N) is 1. The Hall–Kier alpha value is -3.25. The van der Waals surface area contributed by atoms with Crippen LogP contribution in [0.1, 0.15) is 40.5 Å². The number of benzene rings is 3. The monoisotopic (exact) mass is 504 g/mol. The predicted octanol–water partition coefficient (Wildman–Crippen LogP) is 5.91. The van der Waals surface area contributed by atoms with Gasteiger partial charge in [0, 0.05) is 21.8 Å². The predicted molar refractivity (Wildman–Crippen MR) is 132 cm³/mol. The van der Waals surface area contributed by atoms with E-state index in [-0.39, 0.29) is 29.2 Å². The van der Waals surface area contributed by atoms with Crippen LogP contribution in [0.4, 0.5) is 4.39 Å². The van der Waals surface area contributed by atoms with Crippen molar-refractivity contribution in [2.24, 2.45) is 5.92 Å². The number of carbonyl (C=O) groups excluding carboxylic acids is 1. The lowest BCUT2D eigenvalue weighted by atomic mass is 9.99. The van der Waals surface area contributed by atoms with Gasteiger partial charge in [-0.25, -0.2) is 4.39 Å². The summed E-state index contributed by atoms with van der Waals surface area (Å²) in [6.07, 6.45) is 1.97. The van der Waals surface area contributed by atoms with E-state index in [1.54, 1.807) is 22.8 Å². The molecule has 1 N–H and O–H groups in total. The highest BCUT2D eigenvalue weighted by Gasteiger charge is 2.35. The second-order valence-electron chi connectivity index (χ2n) is 8.32. The van der Waals surface area contributed by atoms with Crippen molar-refractivity contribution < 1.29 is 9.18 Å². The summed E-state index contributed by atoms with van der Waals surface area (Å²) in [7, 11) is 0. The molecule has 1 aromatic heterocycles. The van der Waals surface area contributed by atoms with E-state index in [2.05, 4.69) is 21.2 Å². The van der Waals surface area contributed by atoms with E-state index in [0.717, 1.165) is 18.4 Å². The summed E-state index contributed by atoms with van der Waals surface area (Å²) in [6.45, 7) is 0. The van der Waals surface area contributed by atoms with Gasteiger partial charge in [0.2, 0.25) is 0 Å². The summed E-state index contributed by atoms with van der Waals surface area (Å²) in [5.74, 6) is -0.322. The molecule has 5 rings (SSSR count). The minimum atomic E-state index is -0.323. The third kappa shape index (κ3) is 4.11. The van der Waals surface area contributed by atoms with Crippen molar-refractivity contribution in [3.63, 3.8) is 0 Å². The van der Waals surface area contributed by atoms with Crippen molar-refractivity contribution in [2.45, 2.75) is 24.2 Å². The number of aromatic nitrogens is 1. The molecule has 0 spiro atoms. The fourth-order valence-corrected chi connectivity index (χ4v) is 4.98. The Labute approximate surface area is 199 Å². The van der Waals surface area contributed by atoms with E-state index >= 15 is 0 Å². The summed E-state index contributed by atoms with van der Waals surface area (Å²) in [4.78, 5) is 27.2. The molecule has 1 aliphatic carbocycles. The van der Waals surface area contributed by atoms with Crippen LogP contribution in [0.15, 0.2) is 83.7 Å². The Morgan fingerprint density at radius 3 is 2.36 bits per heavy atom. The summed E-state index contributed by atoms with van der Waals surface area (Å²) in [5.41, 5.74) is 2.31. The van der Waals surface area contributed by atoms with Gasteiger partial charge in [-0.3, -0.25) is 14.2 Å². The van der Waals surface area contributed by atoms with Crippen molar-refractivity contribution in [2.75, 3.05) is 0 Å². The third-order valence-electron chi connectivity index (χ3n) is 6.14. The van der Waals surface area contributed by atoms with Gasteiger partial charge in [-0.1, -0.05) is 64.5 Å². The Bertz CT molecular complexity index is 1400. The average Bonchev–Trinajstić information content (AvgIpc) is 3.68. The SMILES string of the molecule is O=C(N[C@H](c1cccc(F)c1)C1CC1)c1c(CBr)n(-c2ccccc2)c(=O)c2ccccc12. The zero-order valence-electron chi connectivity index (χ0n) is 17.8. The Kier molecular flexibility index (Phi) is 5.85. The number of nitrogens with zero attached hydrogens (tertiary/aromatic N) is 1. The highest BCUT2D eigenvalue weighted by Crippen LogP contribution is 2.41. The van der Waals surface area contributed by atoms with Gasteiger partial charge >= 0.3 is 0 Å². The van der Waals surface area contributed by atoms with Gasteiger partial charge in [-0.2, -0.15) is 0 Å². The van der Waals surface area contributed by atoms with Gasteiger partial charge in [-0.05, 0) is 54.7 Å².